The molecule has 1 N–H and O–H groups in total. The summed E-state index contributed by atoms with van der Waals surface area (Å²) in [6.45, 7) is 6.49. The molecule has 17 heavy (non-hydrogen) atoms. The van der Waals surface area contributed by atoms with Gasteiger partial charge in [0.15, 0.2) is 0 Å². The van der Waals surface area contributed by atoms with E-state index >= 15 is 0 Å². The summed E-state index contributed by atoms with van der Waals surface area (Å²) < 4.78 is 27.7. The molecule has 2 heterocycles. The van der Waals surface area contributed by atoms with E-state index in [2.05, 4.69) is 13.8 Å². The fourth-order valence-electron chi connectivity index (χ4n) is 2.78. The number of aliphatic hydroxyl groups is 1. The van der Waals surface area contributed by atoms with Crippen LogP contribution in [-0.2, 0) is 10.2 Å². The van der Waals surface area contributed by atoms with Crippen molar-refractivity contribution in [2.45, 2.75) is 20.3 Å². The van der Waals surface area contributed by atoms with Gasteiger partial charge in [-0.3, -0.25) is 0 Å². The molecule has 0 bridgehead atoms. The maximum atomic E-state index is 12.3. The van der Waals surface area contributed by atoms with E-state index in [1.165, 1.54) is 4.31 Å². The Morgan fingerprint density at radius 1 is 1.06 bits per heavy atom. The third-order valence-electron chi connectivity index (χ3n) is 3.67. The Bertz CT molecular complexity index is 355. The Hall–Kier alpha value is -0.170. The lowest BCUT2D eigenvalue weighted by Gasteiger charge is -2.43. The first-order valence-corrected chi connectivity index (χ1v) is 7.69. The summed E-state index contributed by atoms with van der Waals surface area (Å²) in [5.41, 5.74) is 0. The molecule has 2 rings (SSSR count). The largest absolute Gasteiger partial charge is 0.396 e. The van der Waals surface area contributed by atoms with Crippen molar-refractivity contribution in [3.8, 4) is 0 Å². The van der Waals surface area contributed by atoms with E-state index in [1.54, 1.807) is 4.31 Å². The zero-order valence-corrected chi connectivity index (χ0v) is 11.4. The number of aliphatic hydroxyl groups excluding tert-OH is 1. The Morgan fingerprint density at radius 3 is 2.00 bits per heavy atom. The fraction of sp³-hybridized carbons (Fsp3) is 1.00. The van der Waals surface area contributed by atoms with Crippen molar-refractivity contribution in [2.75, 3.05) is 32.8 Å². The molecule has 0 radical (unpaired) electrons. The van der Waals surface area contributed by atoms with Crippen molar-refractivity contribution in [3.63, 3.8) is 0 Å². The quantitative estimate of drug-likeness (QED) is 0.786. The van der Waals surface area contributed by atoms with Gasteiger partial charge in [0.1, 0.15) is 0 Å². The first kappa shape index (κ1) is 13.3. The maximum absolute atomic E-state index is 12.3. The Balaban J connectivity index is 2.01. The SMILES string of the molecule is CC1CC(C)CN(S(=O)(=O)N2CC(CO)C2)C1. The van der Waals surface area contributed by atoms with Crippen LogP contribution in [0.1, 0.15) is 20.3 Å². The van der Waals surface area contributed by atoms with E-state index in [1.807, 2.05) is 0 Å². The van der Waals surface area contributed by atoms with Crippen molar-refractivity contribution in [3.05, 3.63) is 0 Å². The first-order valence-electron chi connectivity index (χ1n) is 6.29. The topological polar surface area (TPSA) is 60.9 Å². The van der Waals surface area contributed by atoms with Gasteiger partial charge in [-0.1, -0.05) is 13.8 Å². The second-order valence-electron chi connectivity index (χ2n) is 5.64. The molecule has 0 aromatic rings. The molecule has 0 spiro atoms. The van der Waals surface area contributed by atoms with Gasteiger partial charge in [0.2, 0.25) is 0 Å². The lowest BCUT2D eigenvalue weighted by molar-refractivity contribution is 0.105. The fourth-order valence-corrected chi connectivity index (χ4v) is 4.79. The minimum absolute atomic E-state index is 0.0822. The van der Waals surface area contributed by atoms with Crippen LogP contribution < -0.4 is 0 Å². The molecule has 0 amide bonds. The predicted molar refractivity (Wildman–Crippen MR) is 65.6 cm³/mol. The molecule has 5 nitrogen and oxygen atoms in total. The van der Waals surface area contributed by atoms with Crippen LogP contribution >= 0.6 is 0 Å². The van der Waals surface area contributed by atoms with Gasteiger partial charge in [-0.25, -0.2) is 0 Å². The number of rotatable bonds is 3. The molecule has 0 aromatic carbocycles. The molecule has 2 fully saturated rings. The summed E-state index contributed by atoms with van der Waals surface area (Å²) in [6.07, 6.45) is 1.10. The molecular weight excluding hydrogens is 240 g/mol. The summed E-state index contributed by atoms with van der Waals surface area (Å²) in [4.78, 5) is 0. The van der Waals surface area contributed by atoms with Crippen LogP contribution in [0.25, 0.3) is 0 Å². The van der Waals surface area contributed by atoms with Crippen molar-refractivity contribution in [1.29, 1.82) is 0 Å². The first-order chi connectivity index (χ1) is 7.93. The average Bonchev–Trinajstić information content (AvgIpc) is 2.13. The molecule has 0 saturated carbocycles. The van der Waals surface area contributed by atoms with Crippen LogP contribution in [0.15, 0.2) is 0 Å². The molecule has 6 heteroatoms. The highest BCUT2D eigenvalue weighted by molar-refractivity contribution is 7.86. The van der Waals surface area contributed by atoms with Crippen LogP contribution in [-0.4, -0.2) is 54.9 Å². The van der Waals surface area contributed by atoms with Gasteiger partial charge in [0, 0.05) is 38.7 Å². The Kier molecular flexibility index (Phi) is 3.77. The molecule has 2 saturated heterocycles. The van der Waals surface area contributed by atoms with Crippen molar-refractivity contribution in [1.82, 2.24) is 8.61 Å². The third kappa shape index (κ3) is 2.65. The molecular formula is C11H22N2O3S. The molecule has 2 aliphatic rings. The van der Waals surface area contributed by atoms with Gasteiger partial charge in [0.25, 0.3) is 10.2 Å². The molecule has 2 atom stereocenters. The number of piperidine rings is 1. The molecule has 2 unspecified atom stereocenters. The lowest BCUT2D eigenvalue weighted by atomic mass is 9.94. The van der Waals surface area contributed by atoms with Crippen LogP contribution in [0.4, 0.5) is 0 Å². The monoisotopic (exact) mass is 262 g/mol. The predicted octanol–water partition coefficient (Wildman–Crippen LogP) is 0.133. The molecule has 100 valence electrons. The van der Waals surface area contributed by atoms with Crippen molar-refractivity contribution < 1.29 is 13.5 Å². The van der Waals surface area contributed by atoms with Crippen LogP contribution in [0, 0.1) is 17.8 Å². The summed E-state index contributed by atoms with van der Waals surface area (Å²) in [5, 5.41) is 8.93. The van der Waals surface area contributed by atoms with E-state index < -0.39 is 10.2 Å². The highest BCUT2D eigenvalue weighted by atomic mass is 32.2. The smallest absolute Gasteiger partial charge is 0.282 e. The van der Waals surface area contributed by atoms with Gasteiger partial charge in [-0.15, -0.1) is 0 Å². The van der Waals surface area contributed by atoms with E-state index in [-0.39, 0.29) is 12.5 Å². The zero-order valence-electron chi connectivity index (χ0n) is 10.5. The maximum Gasteiger partial charge on any atom is 0.282 e. The molecule has 0 aromatic heterocycles. The van der Waals surface area contributed by atoms with E-state index in [9.17, 15) is 8.42 Å². The summed E-state index contributed by atoms with van der Waals surface area (Å²) >= 11 is 0. The van der Waals surface area contributed by atoms with Crippen LogP contribution in [0.5, 0.6) is 0 Å². The highest BCUT2D eigenvalue weighted by Crippen LogP contribution is 2.28. The minimum atomic E-state index is -3.28. The Labute approximate surface area is 104 Å². The zero-order chi connectivity index (χ0) is 12.6. The Morgan fingerprint density at radius 2 is 1.53 bits per heavy atom. The van der Waals surface area contributed by atoms with Crippen LogP contribution in [0.3, 0.4) is 0 Å². The number of hydrogen-bond donors (Lipinski definition) is 1. The van der Waals surface area contributed by atoms with E-state index in [0.717, 1.165) is 6.42 Å². The normalized spacial score (nSPS) is 33.6. The number of hydrogen-bond acceptors (Lipinski definition) is 3. The minimum Gasteiger partial charge on any atom is -0.396 e. The lowest BCUT2D eigenvalue weighted by Crippen LogP contribution is -2.58. The van der Waals surface area contributed by atoms with Gasteiger partial charge >= 0.3 is 0 Å². The van der Waals surface area contributed by atoms with Crippen molar-refractivity contribution in [2.24, 2.45) is 17.8 Å². The average molecular weight is 262 g/mol. The van der Waals surface area contributed by atoms with Gasteiger partial charge in [-0.05, 0) is 18.3 Å². The highest BCUT2D eigenvalue weighted by Gasteiger charge is 2.40. The molecule has 2 aliphatic heterocycles. The molecule has 0 aliphatic carbocycles. The third-order valence-corrected chi connectivity index (χ3v) is 5.57. The van der Waals surface area contributed by atoms with Crippen LogP contribution in [0.2, 0.25) is 0 Å². The van der Waals surface area contributed by atoms with Gasteiger partial charge in [0.05, 0.1) is 0 Å². The summed E-state index contributed by atoms with van der Waals surface area (Å²) in [7, 11) is -3.28. The van der Waals surface area contributed by atoms with E-state index in [0.29, 0.717) is 38.0 Å². The summed E-state index contributed by atoms with van der Waals surface area (Å²) in [6, 6.07) is 0. The number of nitrogens with zero attached hydrogens (tertiary/aromatic N) is 2. The van der Waals surface area contributed by atoms with Crippen molar-refractivity contribution >= 4 is 10.2 Å². The second kappa shape index (κ2) is 4.84. The van der Waals surface area contributed by atoms with Gasteiger partial charge < -0.3 is 5.11 Å². The standard InChI is InChI=1S/C11H22N2O3S/c1-9-3-10(2)5-12(4-9)17(15,16)13-6-11(7-13)8-14/h9-11,14H,3-8H2,1-2H3. The second-order valence-corrected chi connectivity index (χ2v) is 7.56. The summed E-state index contributed by atoms with van der Waals surface area (Å²) in [5.74, 6) is 0.997. The van der Waals surface area contributed by atoms with E-state index in [4.69, 9.17) is 5.11 Å². The van der Waals surface area contributed by atoms with Gasteiger partial charge in [-0.2, -0.15) is 17.0 Å².